The van der Waals surface area contributed by atoms with Gasteiger partial charge in [-0.25, -0.2) is 9.97 Å². The molecule has 5 rings (SSSR count). The Morgan fingerprint density at radius 2 is 1.88 bits per heavy atom. The molecule has 0 fully saturated rings. The number of fused-ring (bicyclic) bond motifs is 2. The highest BCUT2D eigenvalue weighted by atomic mass is 32.2. The molecule has 0 amide bonds. The molecule has 0 spiro atoms. The molecule has 128 valence electrons. The zero-order valence-electron chi connectivity index (χ0n) is 14.5. The molecule has 1 aliphatic heterocycles. The lowest BCUT2D eigenvalue weighted by Crippen LogP contribution is -2.29. The van der Waals surface area contributed by atoms with E-state index in [-0.39, 0.29) is 5.54 Å². The number of hydrogen-bond donors (Lipinski definition) is 0. The number of aryl methyl sites for hydroxylation is 1. The van der Waals surface area contributed by atoms with E-state index in [0.29, 0.717) is 5.25 Å². The minimum Gasteiger partial charge on any atom is -0.264 e. The summed E-state index contributed by atoms with van der Waals surface area (Å²) < 4.78 is 1.19. The number of hydrogen-bond acceptors (Lipinski definition) is 5. The summed E-state index contributed by atoms with van der Waals surface area (Å²) in [4.78, 5) is 14.7. The van der Waals surface area contributed by atoms with Gasteiger partial charge < -0.3 is 0 Å². The van der Waals surface area contributed by atoms with E-state index in [1.807, 2.05) is 18.2 Å². The molecule has 3 nitrogen and oxygen atoms in total. The summed E-state index contributed by atoms with van der Waals surface area (Å²) >= 11 is 3.48. The van der Waals surface area contributed by atoms with Crippen LogP contribution in [0, 0.1) is 6.92 Å². The summed E-state index contributed by atoms with van der Waals surface area (Å²) in [5, 5.41) is 2.32. The van der Waals surface area contributed by atoms with Crippen LogP contribution in [-0.2, 0) is 0 Å². The predicted molar refractivity (Wildman–Crippen MR) is 112 cm³/mol. The van der Waals surface area contributed by atoms with Crippen molar-refractivity contribution in [2.24, 2.45) is 4.99 Å². The Balaban J connectivity index is 1.58. The van der Waals surface area contributed by atoms with Gasteiger partial charge in [-0.3, -0.25) is 4.99 Å². The molecular formula is C21H17N3S2. The van der Waals surface area contributed by atoms with Crippen LogP contribution >= 0.6 is 23.1 Å². The number of pyridine rings is 1. The zero-order valence-corrected chi connectivity index (χ0v) is 16.1. The van der Waals surface area contributed by atoms with Crippen molar-refractivity contribution >= 4 is 38.4 Å². The van der Waals surface area contributed by atoms with Crippen LogP contribution in [0.25, 0.3) is 20.9 Å². The van der Waals surface area contributed by atoms with Crippen LogP contribution in [0.2, 0.25) is 0 Å². The van der Waals surface area contributed by atoms with Gasteiger partial charge >= 0.3 is 0 Å². The summed E-state index contributed by atoms with van der Waals surface area (Å²) in [5.74, 6) is 0. The first-order chi connectivity index (χ1) is 12.6. The van der Waals surface area contributed by atoms with Crippen LogP contribution in [0.1, 0.15) is 18.2 Å². The maximum absolute atomic E-state index is 4.99. The standard InChI is InChI=1S/C21H17N3S2/c1-13-11-15(19-23-14-7-3-4-8-17(14)25-19)22-16(12-13)20-24-21(2)10-6-5-9-18(21)26-20/h3-12,18H,1-2H3. The van der Waals surface area contributed by atoms with E-state index in [2.05, 4.69) is 56.4 Å². The highest BCUT2D eigenvalue weighted by Crippen LogP contribution is 2.41. The molecule has 1 aliphatic carbocycles. The van der Waals surface area contributed by atoms with Crippen molar-refractivity contribution in [2.45, 2.75) is 24.6 Å². The summed E-state index contributed by atoms with van der Waals surface area (Å²) in [7, 11) is 0. The first-order valence-corrected chi connectivity index (χ1v) is 10.3. The van der Waals surface area contributed by atoms with Gasteiger partial charge in [0.05, 0.1) is 32.4 Å². The van der Waals surface area contributed by atoms with E-state index in [1.54, 1.807) is 23.1 Å². The number of thioether (sulfide) groups is 1. The predicted octanol–water partition coefficient (Wildman–Crippen LogP) is 5.41. The second kappa shape index (κ2) is 5.89. The van der Waals surface area contributed by atoms with Gasteiger partial charge in [0, 0.05) is 0 Å². The average Bonchev–Trinajstić information content (AvgIpc) is 3.21. The molecule has 0 saturated carbocycles. The molecule has 2 aliphatic rings. The SMILES string of the molecule is Cc1cc(C2=NC3(C)C=CC=CC3S2)nc(-c2nc3ccccc3s2)c1. The van der Waals surface area contributed by atoms with E-state index >= 15 is 0 Å². The number of allylic oxidation sites excluding steroid dienone is 2. The zero-order chi connectivity index (χ0) is 17.7. The van der Waals surface area contributed by atoms with Crippen molar-refractivity contribution in [3.05, 3.63) is 72.0 Å². The van der Waals surface area contributed by atoms with Crippen molar-refractivity contribution in [1.29, 1.82) is 0 Å². The monoisotopic (exact) mass is 375 g/mol. The minimum absolute atomic E-state index is 0.170. The first-order valence-electron chi connectivity index (χ1n) is 8.58. The van der Waals surface area contributed by atoms with E-state index in [1.165, 1.54) is 10.3 Å². The van der Waals surface area contributed by atoms with Crippen molar-refractivity contribution in [3.8, 4) is 10.7 Å². The fourth-order valence-corrected chi connectivity index (χ4v) is 5.50. The Morgan fingerprint density at radius 3 is 2.73 bits per heavy atom. The average molecular weight is 376 g/mol. The van der Waals surface area contributed by atoms with Crippen molar-refractivity contribution in [1.82, 2.24) is 9.97 Å². The van der Waals surface area contributed by atoms with Crippen LogP contribution in [-0.4, -0.2) is 25.8 Å². The van der Waals surface area contributed by atoms with Gasteiger partial charge in [-0.1, -0.05) is 48.2 Å². The van der Waals surface area contributed by atoms with Gasteiger partial charge in [0.25, 0.3) is 0 Å². The number of nitrogens with zero attached hydrogens (tertiary/aromatic N) is 3. The van der Waals surface area contributed by atoms with E-state index in [9.17, 15) is 0 Å². The molecule has 0 radical (unpaired) electrons. The van der Waals surface area contributed by atoms with E-state index in [0.717, 1.165) is 27.0 Å². The molecule has 2 aromatic heterocycles. The summed E-state index contributed by atoms with van der Waals surface area (Å²) in [6.45, 7) is 4.29. The Bertz CT molecular complexity index is 1080. The molecule has 1 aromatic carbocycles. The van der Waals surface area contributed by atoms with Crippen molar-refractivity contribution < 1.29 is 0 Å². The minimum atomic E-state index is -0.170. The molecule has 3 heterocycles. The molecule has 0 saturated heterocycles. The third kappa shape index (κ3) is 2.63. The Kier molecular flexibility index (Phi) is 3.62. The Morgan fingerprint density at radius 1 is 1.04 bits per heavy atom. The fraction of sp³-hybridized carbons (Fsp3) is 0.190. The van der Waals surface area contributed by atoms with Gasteiger partial charge in [-0.15, -0.1) is 11.3 Å². The maximum atomic E-state index is 4.99. The number of thiazole rings is 1. The van der Waals surface area contributed by atoms with Crippen LogP contribution in [0.5, 0.6) is 0 Å². The van der Waals surface area contributed by atoms with Crippen LogP contribution < -0.4 is 0 Å². The second-order valence-corrected chi connectivity index (χ2v) is 8.99. The van der Waals surface area contributed by atoms with Gasteiger partial charge in [-0.05, 0) is 43.7 Å². The number of aromatic nitrogens is 2. The van der Waals surface area contributed by atoms with Gasteiger partial charge in [0.1, 0.15) is 10.1 Å². The molecular weight excluding hydrogens is 358 g/mol. The van der Waals surface area contributed by atoms with Gasteiger partial charge in [0.2, 0.25) is 0 Å². The summed E-state index contributed by atoms with van der Waals surface area (Å²) in [6.07, 6.45) is 8.60. The lowest BCUT2D eigenvalue weighted by atomic mass is 9.94. The van der Waals surface area contributed by atoms with E-state index in [4.69, 9.17) is 15.0 Å². The van der Waals surface area contributed by atoms with Crippen LogP contribution in [0.4, 0.5) is 0 Å². The number of benzene rings is 1. The first kappa shape index (κ1) is 16.0. The van der Waals surface area contributed by atoms with E-state index < -0.39 is 0 Å². The topological polar surface area (TPSA) is 38.1 Å². The smallest absolute Gasteiger partial charge is 0.143 e. The third-order valence-electron chi connectivity index (χ3n) is 4.69. The number of aliphatic imine (C=N–C) groups is 1. The number of rotatable bonds is 2. The third-order valence-corrected chi connectivity index (χ3v) is 7.16. The Hall–Kier alpha value is -2.24. The lowest BCUT2D eigenvalue weighted by Gasteiger charge is -2.23. The summed E-state index contributed by atoms with van der Waals surface area (Å²) in [5.41, 5.74) is 3.91. The van der Waals surface area contributed by atoms with Gasteiger partial charge in [0.15, 0.2) is 0 Å². The molecule has 2 atom stereocenters. The van der Waals surface area contributed by atoms with Crippen LogP contribution in [0.3, 0.4) is 0 Å². The normalized spacial score (nSPS) is 24.1. The van der Waals surface area contributed by atoms with Crippen LogP contribution in [0.15, 0.2) is 65.7 Å². The molecule has 0 N–H and O–H groups in total. The largest absolute Gasteiger partial charge is 0.264 e. The fourth-order valence-electron chi connectivity index (χ4n) is 3.32. The number of para-hydroxylation sites is 1. The van der Waals surface area contributed by atoms with Crippen molar-refractivity contribution in [3.63, 3.8) is 0 Å². The molecule has 5 heteroatoms. The molecule has 26 heavy (non-hydrogen) atoms. The quantitative estimate of drug-likeness (QED) is 0.601. The maximum Gasteiger partial charge on any atom is 0.143 e. The molecule has 3 aromatic rings. The van der Waals surface area contributed by atoms with Gasteiger partial charge in [-0.2, -0.15) is 0 Å². The molecule has 2 unspecified atom stereocenters. The second-order valence-electron chi connectivity index (χ2n) is 6.83. The Labute approximate surface area is 160 Å². The highest BCUT2D eigenvalue weighted by Gasteiger charge is 2.39. The van der Waals surface area contributed by atoms with Crippen molar-refractivity contribution in [2.75, 3.05) is 0 Å². The lowest BCUT2D eigenvalue weighted by molar-refractivity contribution is 0.618. The highest BCUT2D eigenvalue weighted by molar-refractivity contribution is 8.15. The molecule has 0 bridgehead atoms. The summed E-state index contributed by atoms with van der Waals surface area (Å²) in [6, 6.07) is 12.5.